The zero-order chi connectivity index (χ0) is 23.3. The van der Waals surface area contributed by atoms with Crippen molar-refractivity contribution in [1.82, 2.24) is 9.80 Å². The molecule has 3 aromatic carbocycles. The summed E-state index contributed by atoms with van der Waals surface area (Å²) in [5.74, 6) is -0.326. The first-order valence-corrected chi connectivity index (χ1v) is 10.6. The van der Waals surface area contributed by atoms with E-state index >= 15 is 0 Å². The zero-order valence-electron chi connectivity index (χ0n) is 18.1. The highest BCUT2D eigenvalue weighted by Gasteiger charge is 2.42. The molecule has 4 aromatic rings. The van der Waals surface area contributed by atoms with Crippen LogP contribution in [0.25, 0.3) is 21.7 Å². The summed E-state index contributed by atoms with van der Waals surface area (Å²) in [5, 5.41) is 13.2. The van der Waals surface area contributed by atoms with Crippen LogP contribution in [0.1, 0.15) is 27.7 Å². The minimum atomic E-state index is -0.680. The summed E-state index contributed by atoms with van der Waals surface area (Å²) in [7, 11) is 3.80. The molecule has 1 aliphatic rings. The van der Waals surface area contributed by atoms with Gasteiger partial charge in [-0.15, -0.1) is 0 Å². The number of carbonyl (C=O) groups is 1. The molecule has 0 fully saturated rings. The predicted molar refractivity (Wildman–Crippen MR) is 125 cm³/mol. The van der Waals surface area contributed by atoms with Gasteiger partial charge in [-0.2, -0.15) is 0 Å². The van der Waals surface area contributed by atoms with E-state index in [1.807, 2.05) is 49.3 Å². The summed E-state index contributed by atoms with van der Waals surface area (Å²) in [5.41, 5.74) is 0.970. The van der Waals surface area contributed by atoms with E-state index in [4.69, 9.17) is 4.42 Å². The van der Waals surface area contributed by atoms with E-state index in [1.165, 1.54) is 12.1 Å². The van der Waals surface area contributed by atoms with E-state index in [-0.39, 0.29) is 28.3 Å². The minimum Gasteiger partial charge on any atom is -0.450 e. The average molecular weight is 443 g/mol. The van der Waals surface area contributed by atoms with Crippen molar-refractivity contribution < 1.29 is 14.1 Å². The first-order chi connectivity index (χ1) is 15.9. The van der Waals surface area contributed by atoms with Gasteiger partial charge in [-0.25, -0.2) is 0 Å². The number of carbonyl (C=O) groups excluding carboxylic acids is 1. The molecule has 0 saturated heterocycles. The number of benzene rings is 3. The third-order valence-corrected chi connectivity index (χ3v) is 6.07. The Hall–Kier alpha value is -4.04. The number of amides is 1. The van der Waals surface area contributed by atoms with E-state index in [1.54, 1.807) is 23.1 Å². The second kappa shape index (κ2) is 7.83. The van der Waals surface area contributed by atoms with Gasteiger partial charge in [0.15, 0.2) is 5.43 Å². The lowest BCUT2D eigenvalue weighted by Gasteiger charge is -2.26. The monoisotopic (exact) mass is 443 g/mol. The number of hydrogen-bond donors (Lipinski definition) is 0. The van der Waals surface area contributed by atoms with Crippen LogP contribution in [0.2, 0.25) is 0 Å². The Morgan fingerprint density at radius 2 is 1.73 bits per heavy atom. The second-order valence-corrected chi connectivity index (χ2v) is 8.39. The van der Waals surface area contributed by atoms with Crippen molar-refractivity contribution in [3.8, 4) is 0 Å². The fourth-order valence-corrected chi connectivity index (χ4v) is 4.41. The SMILES string of the molecule is CN(C)CCN1C(=O)c2oc3c(ccc4ccccc43)c(=O)c2[C@@H]1c1ccc([N+](=O)[O-])cc1. The van der Waals surface area contributed by atoms with Crippen LogP contribution >= 0.6 is 0 Å². The van der Waals surface area contributed by atoms with Crippen LogP contribution in [0, 0.1) is 10.1 Å². The molecule has 1 amide bonds. The molecule has 0 bridgehead atoms. The molecule has 33 heavy (non-hydrogen) atoms. The lowest BCUT2D eigenvalue weighted by Crippen LogP contribution is -2.35. The van der Waals surface area contributed by atoms with Gasteiger partial charge < -0.3 is 14.2 Å². The fourth-order valence-electron chi connectivity index (χ4n) is 4.41. The number of likely N-dealkylation sites (N-methyl/N-ethyl adjacent to an activating group) is 1. The highest BCUT2D eigenvalue weighted by molar-refractivity contribution is 6.06. The normalized spacial score (nSPS) is 15.5. The molecule has 0 aliphatic carbocycles. The van der Waals surface area contributed by atoms with Gasteiger partial charge in [0.25, 0.3) is 11.6 Å². The van der Waals surface area contributed by atoms with E-state index in [0.717, 1.165) is 10.8 Å². The molecular weight excluding hydrogens is 422 g/mol. The molecular formula is C25H21N3O5. The Morgan fingerprint density at radius 1 is 1.00 bits per heavy atom. The molecule has 1 atom stereocenters. The molecule has 8 nitrogen and oxygen atoms in total. The lowest BCUT2D eigenvalue weighted by atomic mass is 9.97. The van der Waals surface area contributed by atoms with Crippen molar-refractivity contribution in [3.63, 3.8) is 0 Å². The van der Waals surface area contributed by atoms with Gasteiger partial charge in [-0.1, -0.05) is 30.3 Å². The van der Waals surface area contributed by atoms with Crippen LogP contribution in [-0.4, -0.2) is 47.8 Å². The van der Waals surface area contributed by atoms with Crippen LogP contribution in [0.4, 0.5) is 5.69 Å². The summed E-state index contributed by atoms with van der Waals surface area (Å²) < 4.78 is 6.15. The van der Waals surface area contributed by atoms with Gasteiger partial charge in [-0.3, -0.25) is 19.7 Å². The van der Waals surface area contributed by atoms with Crippen molar-refractivity contribution in [1.29, 1.82) is 0 Å². The van der Waals surface area contributed by atoms with Crippen LogP contribution in [0.5, 0.6) is 0 Å². The van der Waals surface area contributed by atoms with E-state index < -0.39 is 11.0 Å². The molecule has 1 aromatic heterocycles. The maximum atomic E-state index is 13.7. The summed E-state index contributed by atoms with van der Waals surface area (Å²) in [4.78, 5) is 41.3. The highest BCUT2D eigenvalue weighted by Crippen LogP contribution is 2.39. The van der Waals surface area contributed by atoms with Crippen molar-refractivity contribution >= 4 is 33.3 Å². The summed E-state index contributed by atoms with van der Waals surface area (Å²) in [6, 6.07) is 16.4. The van der Waals surface area contributed by atoms with E-state index in [2.05, 4.69) is 0 Å². The Morgan fingerprint density at radius 3 is 2.42 bits per heavy atom. The highest BCUT2D eigenvalue weighted by atomic mass is 16.6. The number of nitro groups is 1. The van der Waals surface area contributed by atoms with E-state index in [0.29, 0.717) is 29.6 Å². The fraction of sp³-hybridized carbons (Fsp3) is 0.200. The Balaban J connectivity index is 1.75. The molecule has 166 valence electrons. The molecule has 0 unspecified atom stereocenters. The predicted octanol–water partition coefficient (Wildman–Crippen LogP) is 3.96. The maximum absolute atomic E-state index is 13.7. The zero-order valence-corrected chi connectivity index (χ0v) is 18.1. The average Bonchev–Trinajstić information content (AvgIpc) is 3.09. The lowest BCUT2D eigenvalue weighted by molar-refractivity contribution is -0.384. The smallest absolute Gasteiger partial charge is 0.290 e. The van der Waals surface area contributed by atoms with Crippen LogP contribution in [0.15, 0.2) is 69.9 Å². The quantitative estimate of drug-likeness (QED) is 0.263. The molecule has 0 spiro atoms. The van der Waals surface area contributed by atoms with Crippen molar-refractivity contribution in [2.24, 2.45) is 0 Å². The number of non-ortho nitro benzene ring substituents is 1. The van der Waals surface area contributed by atoms with Crippen LogP contribution in [0.3, 0.4) is 0 Å². The summed E-state index contributed by atoms with van der Waals surface area (Å²) >= 11 is 0. The third-order valence-electron chi connectivity index (χ3n) is 6.07. The first-order valence-electron chi connectivity index (χ1n) is 10.6. The van der Waals surface area contributed by atoms with Gasteiger partial charge in [-0.05, 0) is 43.2 Å². The van der Waals surface area contributed by atoms with Gasteiger partial charge in [0.1, 0.15) is 5.58 Å². The van der Waals surface area contributed by atoms with E-state index in [9.17, 15) is 19.7 Å². The van der Waals surface area contributed by atoms with Gasteiger partial charge >= 0.3 is 0 Å². The molecule has 2 heterocycles. The van der Waals surface area contributed by atoms with Crippen molar-refractivity contribution in [2.75, 3.05) is 27.2 Å². The van der Waals surface area contributed by atoms with Crippen molar-refractivity contribution in [2.45, 2.75) is 6.04 Å². The van der Waals surface area contributed by atoms with Gasteiger partial charge in [0, 0.05) is 30.6 Å². The number of rotatable bonds is 5. The maximum Gasteiger partial charge on any atom is 0.290 e. The standard InChI is InChI=1S/C25H21N3O5/c1-26(2)13-14-27-21(16-7-10-17(11-8-16)28(31)32)20-22(29)19-12-9-15-5-3-4-6-18(15)23(19)33-24(20)25(27)30/h3-12,21H,13-14H2,1-2H3/t21-/m0/s1. The van der Waals surface area contributed by atoms with Crippen LogP contribution in [-0.2, 0) is 0 Å². The number of nitro benzene ring substituents is 1. The summed E-state index contributed by atoms with van der Waals surface area (Å²) in [6.07, 6.45) is 0. The molecule has 1 aliphatic heterocycles. The molecule has 0 radical (unpaired) electrons. The molecule has 5 rings (SSSR count). The van der Waals surface area contributed by atoms with Gasteiger partial charge in [0.2, 0.25) is 5.76 Å². The summed E-state index contributed by atoms with van der Waals surface area (Å²) in [6.45, 7) is 0.952. The molecule has 0 N–H and O–H groups in total. The van der Waals surface area contributed by atoms with Crippen molar-refractivity contribution in [3.05, 3.63) is 97.9 Å². The topological polar surface area (TPSA) is 96.9 Å². The van der Waals surface area contributed by atoms with Gasteiger partial charge in [0.05, 0.1) is 21.9 Å². The second-order valence-electron chi connectivity index (χ2n) is 8.39. The minimum absolute atomic E-state index is 0.0333. The number of nitrogens with zero attached hydrogens (tertiary/aromatic N) is 3. The molecule has 8 heteroatoms. The third kappa shape index (κ3) is 3.35. The first kappa shape index (κ1) is 20.8. The number of fused-ring (bicyclic) bond motifs is 4. The Kier molecular flexibility index (Phi) is 4.94. The Labute approximate surface area is 188 Å². The Bertz CT molecular complexity index is 1470. The molecule has 0 saturated carbocycles. The number of hydrogen-bond acceptors (Lipinski definition) is 6. The van der Waals surface area contributed by atoms with Crippen LogP contribution < -0.4 is 5.43 Å². The largest absolute Gasteiger partial charge is 0.450 e.